The monoisotopic (exact) mass is 283 g/mol. The van der Waals surface area contributed by atoms with E-state index in [2.05, 4.69) is 4.98 Å². The number of nitrogens with one attached hydrogen (secondary N) is 1. The zero-order chi connectivity index (χ0) is 14.9. The number of alkyl halides is 3. The molecule has 6 heteroatoms. The summed E-state index contributed by atoms with van der Waals surface area (Å²) in [4.78, 5) is 14.5. The van der Waals surface area contributed by atoms with Crippen molar-refractivity contribution < 1.29 is 22.7 Å². The summed E-state index contributed by atoms with van der Waals surface area (Å²) >= 11 is 0. The zero-order valence-corrected chi connectivity index (χ0v) is 10.8. The summed E-state index contributed by atoms with van der Waals surface area (Å²) in [6, 6.07) is 3.73. The van der Waals surface area contributed by atoms with Gasteiger partial charge in [0.1, 0.15) is 5.75 Å². The molecule has 2 aromatic rings. The van der Waals surface area contributed by atoms with E-state index in [1.165, 1.54) is 32.2 Å². The Balaban J connectivity index is 2.30. The molecule has 0 aliphatic rings. The van der Waals surface area contributed by atoms with Gasteiger partial charge in [-0.1, -0.05) is 0 Å². The Hall–Kier alpha value is -2.24. The SMILES string of the molecule is Cc1cc(C(F)(F)F)c(C)cc1OC(=O)c1cc[nH]c1. The predicted octanol–water partition coefficient (Wildman–Crippen LogP) is 3.87. The number of H-pyrrole nitrogens is 1. The minimum Gasteiger partial charge on any atom is -0.423 e. The Morgan fingerprint density at radius 1 is 1.20 bits per heavy atom. The van der Waals surface area contributed by atoms with E-state index in [9.17, 15) is 18.0 Å². The topological polar surface area (TPSA) is 42.1 Å². The first-order valence-corrected chi connectivity index (χ1v) is 5.82. The van der Waals surface area contributed by atoms with Crippen LogP contribution in [0.1, 0.15) is 27.0 Å². The van der Waals surface area contributed by atoms with Crippen LogP contribution in [0.3, 0.4) is 0 Å². The number of aromatic amines is 1. The number of hydrogen-bond acceptors (Lipinski definition) is 2. The molecule has 1 heterocycles. The molecule has 0 radical (unpaired) electrons. The number of aryl methyl sites for hydroxylation is 2. The van der Waals surface area contributed by atoms with Crippen molar-refractivity contribution in [3.8, 4) is 5.75 Å². The van der Waals surface area contributed by atoms with Crippen LogP contribution in [-0.4, -0.2) is 11.0 Å². The maximum Gasteiger partial charge on any atom is 0.416 e. The molecular formula is C14H12F3NO2. The number of rotatable bonds is 2. The van der Waals surface area contributed by atoms with E-state index in [0.717, 1.165) is 6.07 Å². The van der Waals surface area contributed by atoms with Crippen molar-refractivity contribution in [3.05, 3.63) is 52.8 Å². The van der Waals surface area contributed by atoms with Crippen LogP contribution >= 0.6 is 0 Å². The molecule has 0 aliphatic carbocycles. The zero-order valence-electron chi connectivity index (χ0n) is 10.8. The number of esters is 1. The molecule has 0 saturated carbocycles. The van der Waals surface area contributed by atoms with E-state index in [-0.39, 0.29) is 16.9 Å². The molecule has 0 spiro atoms. The molecular weight excluding hydrogens is 271 g/mol. The fraction of sp³-hybridized carbons (Fsp3) is 0.214. The minimum absolute atomic E-state index is 0.0139. The Bertz CT molecular complexity index is 631. The van der Waals surface area contributed by atoms with Crippen molar-refractivity contribution in [2.75, 3.05) is 0 Å². The highest BCUT2D eigenvalue weighted by Crippen LogP contribution is 2.35. The summed E-state index contributed by atoms with van der Waals surface area (Å²) in [5.74, 6) is -0.491. The predicted molar refractivity (Wildman–Crippen MR) is 66.7 cm³/mol. The third-order valence-corrected chi connectivity index (χ3v) is 2.86. The second-order valence-corrected chi connectivity index (χ2v) is 4.42. The average molecular weight is 283 g/mol. The van der Waals surface area contributed by atoms with E-state index >= 15 is 0 Å². The molecule has 1 aromatic heterocycles. The van der Waals surface area contributed by atoms with Crippen LogP contribution in [-0.2, 0) is 6.18 Å². The fourth-order valence-corrected chi connectivity index (χ4v) is 1.81. The third-order valence-electron chi connectivity index (χ3n) is 2.86. The molecule has 0 atom stereocenters. The van der Waals surface area contributed by atoms with Gasteiger partial charge in [-0.05, 0) is 43.2 Å². The fourth-order valence-electron chi connectivity index (χ4n) is 1.81. The molecule has 1 aromatic carbocycles. The van der Waals surface area contributed by atoms with Crippen molar-refractivity contribution in [3.63, 3.8) is 0 Å². The number of benzene rings is 1. The standard InChI is InChI=1S/C14H12F3NO2/c1-8-6-12(9(2)5-11(8)14(15,16)17)20-13(19)10-3-4-18-7-10/h3-7,18H,1-2H3. The van der Waals surface area contributed by atoms with Gasteiger partial charge in [0.2, 0.25) is 0 Å². The van der Waals surface area contributed by atoms with Gasteiger partial charge in [0.25, 0.3) is 0 Å². The van der Waals surface area contributed by atoms with Crippen LogP contribution in [0.15, 0.2) is 30.6 Å². The van der Waals surface area contributed by atoms with Gasteiger partial charge in [-0.15, -0.1) is 0 Å². The van der Waals surface area contributed by atoms with Gasteiger partial charge in [0.05, 0.1) is 11.1 Å². The number of carbonyl (C=O) groups is 1. The average Bonchev–Trinajstić information content (AvgIpc) is 2.85. The number of hydrogen-bond donors (Lipinski definition) is 1. The molecule has 20 heavy (non-hydrogen) atoms. The molecule has 0 aliphatic heterocycles. The van der Waals surface area contributed by atoms with Gasteiger partial charge in [-0.3, -0.25) is 0 Å². The van der Waals surface area contributed by atoms with Gasteiger partial charge < -0.3 is 9.72 Å². The lowest BCUT2D eigenvalue weighted by molar-refractivity contribution is -0.138. The molecule has 0 unspecified atom stereocenters. The highest BCUT2D eigenvalue weighted by Gasteiger charge is 2.33. The van der Waals surface area contributed by atoms with Gasteiger partial charge in [0, 0.05) is 12.4 Å². The first-order valence-electron chi connectivity index (χ1n) is 5.82. The largest absolute Gasteiger partial charge is 0.423 e. The molecule has 3 nitrogen and oxygen atoms in total. The lowest BCUT2D eigenvalue weighted by atomic mass is 10.0. The molecule has 0 bridgehead atoms. The van der Waals surface area contributed by atoms with E-state index in [0.29, 0.717) is 5.56 Å². The quantitative estimate of drug-likeness (QED) is 0.671. The maximum absolute atomic E-state index is 12.7. The summed E-state index contributed by atoms with van der Waals surface area (Å²) in [7, 11) is 0. The number of carbonyl (C=O) groups excluding carboxylic acids is 1. The second-order valence-electron chi connectivity index (χ2n) is 4.42. The summed E-state index contributed by atoms with van der Waals surface area (Å²) < 4.78 is 43.3. The van der Waals surface area contributed by atoms with Crippen molar-refractivity contribution >= 4 is 5.97 Å². The highest BCUT2D eigenvalue weighted by atomic mass is 19.4. The maximum atomic E-state index is 12.7. The van der Waals surface area contributed by atoms with E-state index < -0.39 is 17.7 Å². The van der Waals surface area contributed by atoms with E-state index in [1.807, 2.05) is 0 Å². The molecule has 0 amide bonds. The number of aromatic nitrogens is 1. The summed E-state index contributed by atoms with van der Waals surface area (Å²) in [6.07, 6.45) is -1.41. The Morgan fingerprint density at radius 2 is 1.90 bits per heavy atom. The van der Waals surface area contributed by atoms with Crippen LogP contribution in [0.5, 0.6) is 5.75 Å². The first kappa shape index (κ1) is 14.2. The van der Waals surface area contributed by atoms with Crippen molar-refractivity contribution in [1.29, 1.82) is 0 Å². The van der Waals surface area contributed by atoms with E-state index in [4.69, 9.17) is 4.74 Å². The van der Waals surface area contributed by atoms with Crippen LogP contribution in [0.4, 0.5) is 13.2 Å². The van der Waals surface area contributed by atoms with Crippen molar-refractivity contribution in [2.24, 2.45) is 0 Å². The Morgan fingerprint density at radius 3 is 2.45 bits per heavy atom. The molecule has 106 valence electrons. The summed E-state index contributed by atoms with van der Waals surface area (Å²) in [5, 5.41) is 0. The Kier molecular flexibility index (Phi) is 3.57. The second kappa shape index (κ2) is 5.03. The van der Waals surface area contributed by atoms with Crippen LogP contribution in [0.25, 0.3) is 0 Å². The highest BCUT2D eigenvalue weighted by molar-refractivity contribution is 5.91. The van der Waals surface area contributed by atoms with Gasteiger partial charge >= 0.3 is 12.1 Å². The van der Waals surface area contributed by atoms with Crippen molar-refractivity contribution in [1.82, 2.24) is 4.98 Å². The van der Waals surface area contributed by atoms with Crippen LogP contribution in [0, 0.1) is 13.8 Å². The normalized spacial score (nSPS) is 11.4. The Labute approximate surface area is 113 Å². The first-order chi connectivity index (χ1) is 9.29. The van der Waals surface area contributed by atoms with Crippen LogP contribution in [0.2, 0.25) is 0 Å². The minimum atomic E-state index is -4.42. The lowest BCUT2D eigenvalue weighted by Gasteiger charge is -2.14. The summed E-state index contributed by atoms with van der Waals surface area (Å²) in [5.41, 5.74) is -0.148. The van der Waals surface area contributed by atoms with Crippen LogP contribution < -0.4 is 4.74 Å². The smallest absolute Gasteiger partial charge is 0.416 e. The molecule has 2 rings (SSSR count). The molecule has 1 N–H and O–H groups in total. The summed E-state index contributed by atoms with van der Waals surface area (Å²) in [6.45, 7) is 2.80. The lowest BCUT2D eigenvalue weighted by Crippen LogP contribution is -2.11. The van der Waals surface area contributed by atoms with Gasteiger partial charge in [-0.25, -0.2) is 4.79 Å². The van der Waals surface area contributed by atoms with E-state index in [1.54, 1.807) is 6.20 Å². The van der Waals surface area contributed by atoms with Gasteiger partial charge in [-0.2, -0.15) is 13.2 Å². The third kappa shape index (κ3) is 2.84. The number of halogens is 3. The van der Waals surface area contributed by atoms with Gasteiger partial charge in [0.15, 0.2) is 0 Å². The van der Waals surface area contributed by atoms with Crippen molar-refractivity contribution in [2.45, 2.75) is 20.0 Å². The number of ether oxygens (including phenoxy) is 1. The molecule has 0 fully saturated rings. The molecule has 0 saturated heterocycles.